The number of carbonyl (C=O) groups excluding carboxylic acids is 5. The summed E-state index contributed by atoms with van der Waals surface area (Å²) in [6.45, 7) is 50.0. The van der Waals surface area contributed by atoms with Crippen molar-refractivity contribution in [2.45, 2.75) is 202 Å². The third-order valence-corrected chi connectivity index (χ3v) is 21.5. The fraction of sp³-hybridized carbons (Fsp3) is 0.347. The standard InChI is InChI=1S/C17H22O3.C17H22O2.C16H20O2.2C15H16O4.2C13H14O2.C12H16/c1-17(2,3)16(18)9-7-6-8-13-10-11-14(19-4)12-15(13)20-5;1-13-10-11-15(19-5)12-14(13)8-6-7-9-16(18)17(2,3)4;1-16(2,3)15(17)11-6-5-8-13-9-7-10-14(12-13)18-4;1-15(2,3)13(16)9-18-11-5-6-12-10(8-11)4-7-14(17)19-12;1-15(2,3)13(16)9-18-11-6-4-10-5-7-14(17)19-12(10)8-11;1-13(2,3)10-5-6-11-9(8-10)4-7-12(14)15-11;1-13(2,3)10-6-4-9-5-7-12(14)15-11(9)8-10;1-12(2,3)11-7-6-9-4-5-10(9)8-11/h6-12H,1-5H3;6-12H,1-5H3;5-12H,1-4H3;2*4-8H,9H2,1-3H3;2*4-8H,1-3H3;6-8H,4-5H2,1-3H3/b2*8-6+,9-7+;8-5+,11-6+;;;;;. The average Bonchev–Trinajstić information content (AvgIpc) is 0.804. The van der Waals surface area contributed by atoms with Gasteiger partial charge in [0.1, 0.15) is 70.0 Å². The lowest BCUT2D eigenvalue weighted by molar-refractivity contribution is -0.128. The second kappa shape index (κ2) is 50.1. The maximum atomic E-state index is 11.8. The van der Waals surface area contributed by atoms with Crippen LogP contribution in [0, 0.1) is 34.0 Å². The van der Waals surface area contributed by atoms with Crippen LogP contribution in [0.3, 0.4) is 0 Å². The van der Waals surface area contributed by atoms with Crippen LogP contribution in [0.1, 0.15) is 216 Å². The molecule has 0 saturated carbocycles. The Hall–Kier alpha value is -13.8. The van der Waals surface area contributed by atoms with E-state index in [0.717, 1.165) is 61.2 Å². The molecule has 0 saturated heterocycles. The quantitative estimate of drug-likeness (QED) is 0.0414. The molecule has 0 atom stereocenters. The number of carbonyl (C=O) groups is 5. The molecule has 0 fully saturated rings. The van der Waals surface area contributed by atoms with Gasteiger partial charge in [-0.25, -0.2) is 19.2 Å². The normalized spacial score (nSPS) is 12.2. The highest BCUT2D eigenvalue weighted by molar-refractivity contribution is 5.95. The van der Waals surface area contributed by atoms with Gasteiger partial charge in [-0.05, 0) is 208 Å². The Bertz CT molecular complexity index is 6570. The minimum absolute atomic E-state index is 0.00602. The topological polar surface area (TPSA) is 262 Å². The summed E-state index contributed by atoms with van der Waals surface area (Å²) in [5.74, 6) is 4.63. The average molecular weight is 1860 g/mol. The number of hydrogen-bond acceptors (Lipinski definition) is 19. The summed E-state index contributed by atoms with van der Waals surface area (Å²) in [5.41, 5.74) is 10.8. The lowest BCUT2D eigenvalue weighted by Gasteiger charge is -2.25. The maximum Gasteiger partial charge on any atom is 0.336 e. The van der Waals surface area contributed by atoms with E-state index in [9.17, 15) is 43.2 Å². The summed E-state index contributed by atoms with van der Waals surface area (Å²) < 4.78 is 52.0. The molecule has 0 aliphatic heterocycles. The van der Waals surface area contributed by atoms with E-state index in [2.05, 4.69) is 92.6 Å². The van der Waals surface area contributed by atoms with Crippen molar-refractivity contribution in [1.82, 2.24) is 0 Å². The first kappa shape index (κ1) is 112. The summed E-state index contributed by atoms with van der Waals surface area (Å²) in [6, 6.07) is 61.0. The zero-order chi connectivity index (χ0) is 102. The molecule has 19 nitrogen and oxygen atoms in total. The van der Waals surface area contributed by atoms with Gasteiger partial charge in [-0.1, -0.05) is 275 Å². The SMILES string of the molecule is CC(C)(C)C(=O)COc1ccc2ccc(=O)oc2c1.CC(C)(C)C(=O)COc1ccc2oc(=O)ccc2c1.CC(C)(C)c1ccc2c(c1)CC2.CC(C)(C)c1ccc2ccc(=O)oc2c1.CC(C)(C)c1ccc2oc(=O)ccc2c1.COc1ccc(/C=C/C=C/C(=O)C(C)(C)C)c(OC)c1.COc1ccc(C)c(/C=C/C=C/C(=O)C(C)(C)C)c1.COc1cccc(/C=C/C=C/C(=O)C(C)(C)C)c1. The van der Waals surface area contributed by atoms with Crippen molar-refractivity contribution < 1.29 is 70.1 Å². The Morgan fingerprint density at radius 2 is 0.664 bits per heavy atom. The van der Waals surface area contributed by atoms with Crippen LogP contribution in [0.4, 0.5) is 0 Å². The summed E-state index contributed by atoms with van der Waals surface area (Å²) in [4.78, 5) is 103. The second-order valence-electron chi connectivity index (χ2n) is 41.2. The van der Waals surface area contributed by atoms with Crippen molar-refractivity contribution in [2.24, 2.45) is 27.1 Å². The Labute approximate surface area is 808 Å². The highest BCUT2D eigenvalue weighted by atomic mass is 16.5. The van der Waals surface area contributed by atoms with Gasteiger partial charge in [0.05, 0.1) is 28.4 Å². The Morgan fingerprint density at radius 1 is 0.299 bits per heavy atom. The van der Waals surface area contributed by atoms with Crippen LogP contribution in [-0.2, 0) is 53.1 Å². The molecule has 4 aromatic heterocycles. The van der Waals surface area contributed by atoms with Gasteiger partial charge in [0.25, 0.3) is 0 Å². The van der Waals surface area contributed by atoms with Gasteiger partial charge < -0.3 is 46.1 Å². The van der Waals surface area contributed by atoms with E-state index in [4.69, 9.17) is 46.1 Å². The Balaban J connectivity index is 0.000000241. The summed E-state index contributed by atoms with van der Waals surface area (Å²) >= 11 is 0. The van der Waals surface area contributed by atoms with Crippen LogP contribution >= 0.6 is 0 Å². The molecule has 0 amide bonds. The van der Waals surface area contributed by atoms with Crippen molar-refractivity contribution in [3.63, 3.8) is 0 Å². The predicted molar refractivity (Wildman–Crippen MR) is 558 cm³/mol. The van der Waals surface area contributed by atoms with Gasteiger partial charge in [-0.2, -0.15) is 0 Å². The van der Waals surface area contributed by atoms with Gasteiger partial charge in [-0.3, -0.25) is 24.0 Å². The molecule has 1 aliphatic rings. The van der Waals surface area contributed by atoms with Crippen molar-refractivity contribution >= 4 is 91.0 Å². The van der Waals surface area contributed by atoms with Gasteiger partial charge in [0, 0.05) is 90.6 Å². The van der Waals surface area contributed by atoms with Gasteiger partial charge in [0.15, 0.2) is 28.9 Å². The first-order chi connectivity index (χ1) is 63.9. The van der Waals surface area contributed by atoms with Crippen LogP contribution in [0.5, 0.6) is 34.5 Å². The number of ether oxygens (including phenoxy) is 6. The van der Waals surface area contributed by atoms with Crippen LogP contribution < -0.4 is 50.9 Å². The van der Waals surface area contributed by atoms with E-state index in [-0.39, 0.29) is 86.1 Å². The molecular weight excluding hydrogens is 1720 g/mol. The Morgan fingerprint density at radius 3 is 1.12 bits per heavy atom. The Kier molecular flexibility index (Phi) is 41.0. The number of Topliss-reactive ketones (excluding diaryl/α,β-unsaturated/α-hetero) is 2. The van der Waals surface area contributed by atoms with Crippen molar-refractivity contribution in [1.29, 1.82) is 0 Å². The van der Waals surface area contributed by atoms with Gasteiger partial charge >= 0.3 is 22.5 Å². The molecule has 0 bridgehead atoms. The molecule has 0 unspecified atom stereocenters. The van der Waals surface area contributed by atoms with Crippen molar-refractivity contribution in [3.8, 4) is 34.5 Å². The predicted octanol–water partition coefficient (Wildman–Crippen LogP) is 26.8. The molecule has 726 valence electrons. The van der Waals surface area contributed by atoms with E-state index in [1.165, 1.54) is 59.4 Å². The van der Waals surface area contributed by atoms with Gasteiger partial charge in [-0.15, -0.1) is 0 Å². The highest BCUT2D eigenvalue weighted by Gasteiger charge is 2.26. The molecular formula is C118H140O19. The summed E-state index contributed by atoms with van der Waals surface area (Å²) in [7, 11) is 6.53. The fourth-order valence-corrected chi connectivity index (χ4v) is 12.0. The number of aryl methyl sites for hydroxylation is 3. The lowest BCUT2D eigenvalue weighted by atomic mass is 9.80. The van der Waals surface area contributed by atoms with E-state index in [0.29, 0.717) is 39.2 Å². The number of ketones is 5. The number of methoxy groups -OCH3 is 4. The number of rotatable bonds is 19. The van der Waals surface area contributed by atoms with E-state index in [1.807, 2.05) is 232 Å². The zero-order valence-electron chi connectivity index (χ0n) is 85.6. The molecule has 8 aromatic carbocycles. The summed E-state index contributed by atoms with van der Waals surface area (Å²) in [5, 5.41) is 3.51. The van der Waals surface area contributed by atoms with E-state index < -0.39 is 16.5 Å². The highest BCUT2D eigenvalue weighted by Crippen LogP contribution is 2.33. The molecule has 12 aromatic rings. The molecule has 0 spiro atoms. The molecule has 137 heavy (non-hydrogen) atoms. The zero-order valence-corrected chi connectivity index (χ0v) is 85.6. The third kappa shape index (κ3) is 38.1. The smallest absolute Gasteiger partial charge is 0.336 e. The molecule has 19 heteroatoms. The van der Waals surface area contributed by atoms with Crippen molar-refractivity contribution in [2.75, 3.05) is 41.7 Å². The maximum absolute atomic E-state index is 11.8. The first-order valence-corrected chi connectivity index (χ1v) is 45.7. The number of benzene rings is 8. The number of hydrogen-bond donors (Lipinski definition) is 0. The second-order valence-corrected chi connectivity index (χ2v) is 41.2. The van der Waals surface area contributed by atoms with Gasteiger partial charge in [0.2, 0.25) is 0 Å². The molecule has 0 N–H and O–H groups in total. The molecule has 4 heterocycles. The van der Waals surface area contributed by atoms with Crippen LogP contribution in [-0.4, -0.2) is 70.6 Å². The van der Waals surface area contributed by atoms with Crippen LogP contribution in [0.2, 0.25) is 0 Å². The van der Waals surface area contributed by atoms with E-state index in [1.54, 1.807) is 137 Å². The first-order valence-electron chi connectivity index (χ1n) is 45.7. The van der Waals surface area contributed by atoms with Crippen molar-refractivity contribution in [3.05, 3.63) is 347 Å². The monoisotopic (exact) mass is 1860 g/mol. The molecule has 13 rings (SSSR count). The minimum atomic E-state index is -0.427. The lowest BCUT2D eigenvalue weighted by Crippen LogP contribution is -2.26. The van der Waals surface area contributed by atoms with Crippen LogP contribution in [0.15, 0.2) is 292 Å². The summed E-state index contributed by atoms with van der Waals surface area (Å²) in [6.07, 6.45) is 24.1. The largest absolute Gasteiger partial charge is 0.497 e. The third-order valence-electron chi connectivity index (χ3n) is 21.5. The molecule has 0 radical (unpaired) electrons. The molecule has 1 aliphatic carbocycles. The van der Waals surface area contributed by atoms with Crippen LogP contribution in [0.25, 0.3) is 62.1 Å². The fourth-order valence-electron chi connectivity index (χ4n) is 12.0. The number of fused-ring (bicyclic) bond motifs is 5. The van der Waals surface area contributed by atoms with E-state index >= 15 is 0 Å². The minimum Gasteiger partial charge on any atom is -0.497 e. The number of allylic oxidation sites excluding steroid dienone is 9.